The van der Waals surface area contributed by atoms with Gasteiger partial charge in [-0.15, -0.1) is 0 Å². The summed E-state index contributed by atoms with van der Waals surface area (Å²) < 4.78 is 30.9. The van der Waals surface area contributed by atoms with Crippen LogP contribution in [0.2, 0.25) is 0 Å². The lowest BCUT2D eigenvalue weighted by molar-refractivity contribution is -0.136. The Morgan fingerprint density at radius 2 is 2.00 bits per heavy atom. The highest BCUT2D eigenvalue weighted by atomic mass is 19.2. The SMILES string of the molecule is COC(=O)/C(N)=C/c1ccc(C)c(F)c1F. The van der Waals surface area contributed by atoms with Crippen LogP contribution in [0.3, 0.4) is 0 Å². The Morgan fingerprint density at radius 1 is 1.38 bits per heavy atom. The molecule has 0 fully saturated rings. The highest BCUT2D eigenvalue weighted by Gasteiger charge is 2.11. The first-order chi connectivity index (χ1) is 7.47. The molecule has 0 aliphatic heterocycles. The van der Waals surface area contributed by atoms with Gasteiger partial charge < -0.3 is 10.5 Å². The molecule has 0 bridgehead atoms. The molecule has 0 aliphatic rings. The second-order valence-corrected chi connectivity index (χ2v) is 3.19. The highest BCUT2D eigenvalue weighted by Crippen LogP contribution is 2.17. The van der Waals surface area contributed by atoms with Crippen LogP contribution in [-0.4, -0.2) is 13.1 Å². The second kappa shape index (κ2) is 4.74. The zero-order chi connectivity index (χ0) is 12.3. The van der Waals surface area contributed by atoms with Crippen LogP contribution >= 0.6 is 0 Å². The third-order valence-electron chi connectivity index (χ3n) is 2.04. The minimum Gasteiger partial charge on any atom is -0.464 e. The number of methoxy groups -OCH3 is 1. The van der Waals surface area contributed by atoms with Gasteiger partial charge in [0.15, 0.2) is 11.6 Å². The quantitative estimate of drug-likeness (QED) is 0.618. The van der Waals surface area contributed by atoms with Crippen LogP contribution in [0.5, 0.6) is 0 Å². The van der Waals surface area contributed by atoms with E-state index in [1.54, 1.807) is 0 Å². The number of hydrogen-bond donors (Lipinski definition) is 1. The van der Waals surface area contributed by atoms with E-state index in [9.17, 15) is 13.6 Å². The first-order valence-corrected chi connectivity index (χ1v) is 4.47. The number of benzene rings is 1. The van der Waals surface area contributed by atoms with Gasteiger partial charge in [0.05, 0.1) is 7.11 Å². The fraction of sp³-hybridized carbons (Fsp3) is 0.182. The summed E-state index contributed by atoms with van der Waals surface area (Å²) in [4.78, 5) is 10.9. The van der Waals surface area contributed by atoms with Crippen LogP contribution in [-0.2, 0) is 9.53 Å². The van der Waals surface area contributed by atoms with E-state index in [1.165, 1.54) is 19.1 Å². The van der Waals surface area contributed by atoms with Crippen LogP contribution in [0.15, 0.2) is 17.8 Å². The molecule has 1 aromatic rings. The highest BCUT2D eigenvalue weighted by molar-refractivity contribution is 5.92. The summed E-state index contributed by atoms with van der Waals surface area (Å²) in [5.74, 6) is -2.78. The molecular weight excluding hydrogens is 216 g/mol. The van der Waals surface area contributed by atoms with Crippen LogP contribution in [0, 0.1) is 18.6 Å². The number of aryl methyl sites for hydroxylation is 1. The number of hydrogen-bond acceptors (Lipinski definition) is 3. The van der Waals surface area contributed by atoms with Gasteiger partial charge in [-0.1, -0.05) is 12.1 Å². The second-order valence-electron chi connectivity index (χ2n) is 3.19. The first kappa shape index (κ1) is 12.2. The summed E-state index contributed by atoms with van der Waals surface area (Å²) in [5, 5.41) is 0. The van der Waals surface area contributed by atoms with Gasteiger partial charge in [-0.05, 0) is 18.6 Å². The maximum Gasteiger partial charge on any atom is 0.353 e. The van der Waals surface area contributed by atoms with Gasteiger partial charge in [-0.2, -0.15) is 0 Å². The van der Waals surface area contributed by atoms with Gasteiger partial charge in [0.25, 0.3) is 0 Å². The van der Waals surface area contributed by atoms with E-state index >= 15 is 0 Å². The number of halogens is 2. The number of carbonyl (C=O) groups is 1. The van der Waals surface area contributed by atoms with Crippen molar-refractivity contribution in [1.29, 1.82) is 0 Å². The molecule has 0 unspecified atom stereocenters. The molecule has 0 saturated heterocycles. The molecule has 0 atom stereocenters. The van der Waals surface area contributed by atoms with Crippen molar-refractivity contribution in [3.63, 3.8) is 0 Å². The van der Waals surface area contributed by atoms with E-state index in [-0.39, 0.29) is 16.8 Å². The molecule has 5 heteroatoms. The molecule has 0 aliphatic carbocycles. The molecule has 0 amide bonds. The van der Waals surface area contributed by atoms with Gasteiger partial charge in [0.1, 0.15) is 5.70 Å². The standard InChI is InChI=1S/C11H11F2NO2/c1-6-3-4-7(10(13)9(6)12)5-8(14)11(15)16-2/h3-5H,14H2,1-2H3/b8-5-. The van der Waals surface area contributed by atoms with Gasteiger partial charge >= 0.3 is 5.97 Å². The number of rotatable bonds is 2. The van der Waals surface area contributed by atoms with Gasteiger partial charge in [-0.25, -0.2) is 13.6 Å². The topological polar surface area (TPSA) is 52.3 Å². The van der Waals surface area contributed by atoms with E-state index in [1.807, 2.05) is 0 Å². The Hall–Kier alpha value is -1.91. The molecular formula is C11H11F2NO2. The monoisotopic (exact) mass is 227 g/mol. The van der Waals surface area contributed by atoms with Crippen molar-refractivity contribution in [2.45, 2.75) is 6.92 Å². The van der Waals surface area contributed by atoms with Crippen molar-refractivity contribution in [3.05, 3.63) is 40.6 Å². The molecule has 16 heavy (non-hydrogen) atoms. The summed E-state index contributed by atoms with van der Waals surface area (Å²) in [7, 11) is 1.15. The number of ether oxygens (including phenoxy) is 1. The third kappa shape index (κ3) is 2.36. The third-order valence-corrected chi connectivity index (χ3v) is 2.04. The molecule has 0 saturated carbocycles. The molecule has 0 aromatic heterocycles. The maximum atomic E-state index is 13.4. The lowest BCUT2D eigenvalue weighted by atomic mass is 10.1. The van der Waals surface area contributed by atoms with Crippen LogP contribution in [0.1, 0.15) is 11.1 Å². The van der Waals surface area contributed by atoms with Gasteiger partial charge in [-0.3, -0.25) is 0 Å². The molecule has 0 radical (unpaired) electrons. The minimum absolute atomic E-state index is 0.0917. The predicted octanol–water partition coefficient (Wildman–Crippen LogP) is 1.75. The summed E-state index contributed by atoms with van der Waals surface area (Å²) >= 11 is 0. The Bertz CT molecular complexity index is 456. The lowest BCUT2D eigenvalue weighted by Gasteiger charge is -2.03. The van der Waals surface area contributed by atoms with Crippen molar-refractivity contribution in [1.82, 2.24) is 0 Å². The van der Waals surface area contributed by atoms with E-state index in [4.69, 9.17) is 5.73 Å². The number of carbonyl (C=O) groups excluding carboxylic acids is 1. The van der Waals surface area contributed by atoms with Gasteiger partial charge in [0.2, 0.25) is 0 Å². The lowest BCUT2D eigenvalue weighted by Crippen LogP contribution is -2.12. The fourth-order valence-electron chi connectivity index (χ4n) is 1.12. The zero-order valence-corrected chi connectivity index (χ0v) is 8.88. The maximum absolute atomic E-state index is 13.4. The van der Waals surface area contributed by atoms with Crippen molar-refractivity contribution in [3.8, 4) is 0 Å². The summed E-state index contributed by atoms with van der Waals surface area (Å²) in [6.45, 7) is 1.44. The molecule has 1 rings (SSSR count). The molecule has 1 aromatic carbocycles. The molecule has 0 heterocycles. The normalized spacial score (nSPS) is 11.4. The van der Waals surface area contributed by atoms with Crippen molar-refractivity contribution >= 4 is 12.0 Å². The predicted molar refractivity (Wildman–Crippen MR) is 55.3 cm³/mol. The van der Waals surface area contributed by atoms with Crippen LogP contribution in [0.4, 0.5) is 8.78 Å². The Labute approximate surface area is 91.5 Å². The average molecular weight is 227 g/mol. The molecule has 0 spiro atoms. The minimum atomic E-state index is -1.04. The van der Waals surface area contributed by atoms with E-state index in [0.717, 1.165) is 13.2 Å². The van der Waals surface area contributed by atoms with Crippen LogP contribution in [0.25, 0.3) is 6.08 Å². The Balaban J connectivity index is 3.16. The first-order valence-electron chi connectivity index (χ1n) is 4.47. The van der Waals surface area contributed by atoms with E-state index < -0.39 is 17.6 Å². The van der Waals surface area contributed by atoms with E-state index in [0.29, 0.717) is 0 Å². The average Bonchev–Trinajstić information content (AvgIpc) is 2.28. The molecule has 3 nitrogen and oxygen atoms in total. The number of esters is 1. The Kier molecular flexibility index (Phi) is 3.60. The van der Waals surface area contributed by atoms with Gasteiger partial charge in [0, 0.05) is 5.56 Å². The smallest absolute Gasteiger partial charge is 0.353 e. The molecule has 2 N–H and O–H groups in total. The van der Waals surface area contributed by atoms with Crippen LogP contribution < -0.4 is 5.73 Å². The summed E-state index contributed by atoms with van der Waals surface area (Å²) in [6, 6.07) is 2.73. The zero-order valence-electron chi connectivity index (χ0n) is 8.88. The van der Waals surface area contributed by atoms with Crippen molar-refractivity contribution in [2.24, 2.45) is 5.73 Å². The fourth-order valence-corrected chi connectivity index (χ4v) is 1.12. The van der Waals surface area contributed by atoms with Crippen molar-refractivity contribution < 1.29 is 18.3 Å². The van der Waals surface area contributed by atoms with Crippen molar-refractivity contribution in [2.75, 3.05) is 7.11 Å². The number of nitrogens with two attached hydrogens (primary N) is 1. The Morgan fingerprint density at radius 3 is 2.56 bits per heavy atom. The largest absolute Gasteiger partial charge is 0.464 e. The van der Waals surface area contributed by atoms with E-state index in [2.05, 4.69) is 4.74 Å². The summed E-state index contributed by atoms with van der Waals surface area (Å²) in [6.07, 6.45) is 1.03. The summed E-state index contributed by atoms with van der Waals surface area (Å²) in [5.41, 5.74) is 5.12. The molecule has 86 valence electrons.